The predicted molar refractivity (Wildman–Crippen MR) is 66.4 cm³/mol. The molecule has 3 unspecified atom stereocenters. The lowest BCUT2D eigenvalue weighted by atomic mass is 10.0. The van der Waals surface area contributed by atoms with Gasteiger partial charge in [-0.2, -0.15) is 0 Å². The lowest BCUT2D eigenvalue weighted by Gasteiger charge is -2.42. The fraction of sp³-hybridized carbons (Fsp3) is 0.769. The fourth-order valence-corrected chi connectivity index (χ4v) is 2.77. The highest BCUT2D eigenvalue weighted by Crippen LogP contribution is 2.25. The van der Waals surface area contributed by atoms with E-state index in [-0.39, 0.29) is 29.6 Å². The van der Waals surface area contributed by atoms with Crippen LogP contribution in [0.1, 0.15) is 27.2 Å². The molecule has 0 aromatic heterocycles. The minimum Gasteiger partial charge on any atom is -0.369 e. The summed E-state index contributed by atoms with van der Waals surface area (Å²) in [5.41, 5.74) is 5.54. The molecular formula is C13H22N2O2. The molecule has 4 nitrogen and oxygen atoms in total. The van der Waals surface area contributed by atoms with Crippen LogP contribution < -0.4 is 5.73 Å². The summed E-state index contributed by atoms with van der Waals surface area (Å²) in [6.45, 7) is 7.41. The van der Waals surface area contributed by atoms with Gasteiger partial charge in [0.1, 0.15) is 0 Å². The molecule has 17 heavy (non-hydrogen) atoms. The van der Waals surface area contributed by atoms with Crippen molar-refractivity contribution in [1.29, 1.82) is 0 Å². The Hall–Kier alpha value is -0.870. The third kappa shape index (κ3) is 2.87. The molecule has 1 fully saturated rings. The molecule has 4 heteroatoms. The van der Waals surface area contributed by atoms with E-state index in [4.69, 9.17) is 10.5 Å². The van der Waals surface area contributed by atoms with Crippen molar-refractivity contribution in [3.8, 4) is 0 Å². The Bertz CT molecular complexity index is 338. The maximum Gasteiger partial charge on any atom is 0.229 e. The summed E-state index contributed by atoms with van der Waals surface area (Å²) in [4.78, 5) is 14.3. The van der Waals surface area contributed by atoms with Crippen LogP contribution in [0.3, 0.4) is 0 Å². The number of nitrogens with two attached hydrogens (primary N) is 1. The van der Waals surface area contributed by atoms with Crippen LogP contribution in [0.5, 0.6) is 0 Å². The average Bonchev–Trinajstić information content (AvgIpc) is 2.60. The van der Waals surface area contributed by atoms with Crippen LogP contribution in [0, 0.1) is 5.92 Å². The lowest BCUT2D eigenvalue weighted by Crippen LogP contribution is -2.54. The van der Waals surface area contributed by atoms with E-state index in [0.717, 1.165) is 6.42 Å². The Balaban J connectivity index is 2.02. The molecule has 96 valence electrons. The minimum atomic E-state index is -0.252. The second-order valence-corrected chi connectivity index (χ2v) is 5.80. The molecule has 0 spiro atoms. The molecule has 1 saturated heterocycles. The Morgan fingerprint density at radius 2 is 2.18 bits per heavy atom. The van der Waals surface area contributed by atoms with Gasteiger partial charge in [-0.15, -0.1) is 0 Å². The largest absolute Gasteiger partial charge is 0.369 e. The van der Waals surface area contributed by atoms with Crippen LogP contribution in [0.2, 0.25) is 0 Å². The zero-order valence-corrected chi connectivity index (χ0v) is 10.8. The van der Waals surface area contributed by atoms with E-state index in [1.54, 1.807) is 0 Å². The standard InChI is InChI=1S/C13H22N2O2/c1-9-7-15(8-13(2,3)17-9)12(16)10-4-5-11(14)6-10/h4-5,9-11H,6-8,14H2,1-3H3. The van der Waals surface area contributed by atoms with Crippen molar-refractivity contribution >= 4 is 5.91 Å². The molecule has 0 bridgehead atoms. The summed E-state index contributed by atoms with van der Waals surface area (Å²) in [5, 5.41) is 0. The van der Waals surface area contributed by atoms with E-state index in [1.807, 2.05) is 37.8 Å². The number of hydrogen-bond acceptors (Lipinski definition) is 3. The van der Waals surface area contributed by atoms with Crippen molar-refractivity contribution in [3.05, 3.63) is 12.2 Å². The number of nitrogens with zero attached hydrogens (tertiary/aromatic N) is 1. The third-order valence-corrected chi connectivity index (χ3v) is 3.31. The van der Waals surface area contributed by atoms with E-state index in [9.17, 15) is 4.79 Å². The molecule has 1 heterocycles. The molecule has 1 amide bonds. The quantitative estimate of drug-likeness (QED) is 0.691. The SMILES string of the molecule is CC1CN(C(=O)C2C=CC(N)C2)CC(C)(C)O1. The monoisotopic (exact) mass is 238 g/mol. The normalized spacial score (nSPS) is 36.2. The van der Waals surface area contributed by atoms with Gasteiger partial charge in [-0.3, -0.25) is 4.79 Å². The Morgan fingerprint density at radius 3 is 2.71 bits per heavy atom. The fourth-order valence-electron chi connectivity index (χ4n) is 2.77. The molecule has 2 rings (SSSR count). The summed E-state index contributed by atoms with van der Waals surface area (Å²) >= 11 is 0. The van der Waals surface area contributed by atoms with Gasteiger partial charge < -0.3 is 15.4 Å². The maximum atomic E-state index is 12.3. The number of rotatable bonds is 1. The second kappa shape index (κ2) is 4.42. The van der Waals surface area contributed by atoms with Crippen LogP contribution in [0.4, 0.5) is 0 Å². The van der Waals surface area contributed by atoms with Gasteiger partial charge in [0.25, 0.3) is 0 Å². The topological polar surface area (TPSA) is 55.6 Å². The molecule has 2 N–H and O–H groups in total. The van der Waals surface area contributed by atoms with Gasteiger partial charge in [0.15, 0.2) is 0 Å². The highest BCUT2D eigenvalue weighted by Gasteiger charge is 2.36. The van der Waals surface area contributed by atoms with Crippen LogP contribution in [-0.2, 0) is 9.53 Å². The van der Waals surface area contributed by atoms with Crippen LogP contribution in [0.15, 0.2) is 12.2 Å². The van der Waals surface area contributed by atoms with E-state index >= 15 is 0 Å². The predicted octanol–water partition coefficient (Wildman–Crippen LogP) is 0.916. The highest BCUT2D eigenvalue weighted by atomic mass is 16.5. The molecule has 0 saturated carbocycles. The van der Waals surface area contributed by atoms with Crippen molar-refractivity contribution in [1.82, 2.24) is 4.90 Å². The molecule has 0 aromatic rings. The van der Waals surface area contributed by atoms with Gasteiger partial charge in [-0.25, -0.2) is 0 Å². The molecule has 1 aliphatic carbocycles. The van der Waals surface area contributed by atoms with Gasteiger partial charge in [0.05, 0.1) is 17.6 Å². The third-order valence-electron chi connectivity index (χ3n) is 3.31. The molecule has 3 atom stereocenters. The number of carbonyl (C=O) groups excluding carboxylic acids is 1. The van der Waals surface area contributed by atoms with Crippen molar-refractivity contribution in [2.75, 3.05) is 13.1 Å². The number of ether oxygens (including phenoxy) is 1. The molecular weight excluding hydrogens is 216 g/mol. The van der Waals surface area contributed by atoms with Gasteiger partial charge in [0.2, 0.25) is 5.91 Å². The number of amides is 1. The minimum absolute atomic E-state index is 0.0360. The molecule has 1 aliphatic heterocycles. The zero-order chi connectivity index (χ0) is 12.6. The summed E-state index contributed by atoms with van der Waals surface area (Å²) in [7, 11) is 0. The van der Waals surface area contributed by atoms with Crippen molar-refractivity contribution in [2.45, 2.75) is 44.9 Å². The highest BCUT2D eigenvalue weighted by molar-refractivity contribution is 5.81. The summed E-state index contributed by atoms with van der Waals surface area (Å²) in [6, 6.07) is 0.0374. The van der Waals surface area contributed by atoms with Gasteiger partial charge >= 0.3 is 0 Å². The Labute approximate surface area is 103 Å². The van der Waals surface area contributed by atoms with Crippen LogP contribution in [-0.4, -0.2) is 41.6 Å². The number of morpholine rings is 1. The summed E-state index contributed by atoms with van der Waals surface area (Å²) < 4.78 is 5.80. The van der Waals surface area contributed by atoms with Crippen molar-refractivity contribution in [2.24, 2.45) is 11.7 Å². The van der Waals surface area contributed by atoms with Crippen molar-refractivity contribution < 1.29 is 9.53 Å². The molecule has 0 aromatic carbocycles. The molecule has 2 aliphatic rings. The number of carbonyl (C=O) groups is 1. The zero-order valence-electron chi connectivity index (χ0n) is 10.8. The van der Waals surface area contributed by atoms with Crippen molar-refractivity contribution in [3.63, 3.8) is 0 Å². The Morgan fingerprint density at radius 1 is 1.47 bits per heavy atom. The Kier molecular flexibility index (Phi) is 3.27. The van der Waals surface area contributed by atoms with Gasteiger partial charge in [0, 0.05) is 19.1 Å². The smallest absolute Gasteiger partial charge is 0.229 e. The molecule has 0 radical (unpaired) electrons. The first kappa shape index (κ1) is 12.6. The van der Waals surface area contributed by atoms with E-state index in [2.05, 4.69) is 0 Å². The second-order valence-electron chi connectivity index (χ2n) is 5.80. The first-order valence-corrected chi connectivity index (χ1v) is 6.28. The van der Waals surface area contributed by atoms with Gasteiger partial charge in [-0.1, -0.05) is 12.2 Å². The maximum absolute atomic E-state index is 12.3. The lowest BCUT2D eigenvalue weighted by molar-refractivity contribution is -0.160. The van der Waals surface area contributed by atoms with Gasteiger partial charge in [-0.05, 0) is 27.2 Å². The number of hydrogen-bond donors (Lipinski definition) is 1. The van der Waals surface area contributed by atoms with Crippen LogP contribution >= 0.6 is 0 Å². The first-order chi connectivity index (χ1) is 7.87. The average molecular weight is 238 g/mol. The summed E-state index contributed by atoms with van der Waals surface area (Å²) in [5.74, 6) is 0.156. The van der Waals surface area contributed by atoms with E-state index in [1.165, 1.54) is 0 Å². The van der Waals surface area contributed by atoms with E-state index in [0.29, 0.717) is 13.1 Å². The first-order valence-electron chi connectivity index (χ1n) is 6.28. The summed E-state index contributed by atoms with van der Waals surface area (Å²) in [6.07, 6.45) is 4.71. The van der Waals surface area contributed by atoms with E-state index < -0.39 is 0 Å². The van der Waals surface area contributed by atoms with Crippen LogP contribution in [0.25, 0.3) is 0 Å².